The molecule has 2 rings (SSSR count). The molecule has 0 atom stereocenters. The average Bonchev–Trinajstić information content (AvgIpc) is 2.68. The largest absolute Gasteiger partial charge is 0.374 e. The molecule has 0 aromatic heterocycles. The molecule has 0 saturated heterocycles. The standard InChI is InChI=1S/C21H28N2O4S/c1-5-23(6-2)28(25,26)20-13-11-19(12-14-20)22-21(24)18-9-7-17(8-10-18)15-27-16(3)4/h7-14,16H,5-6,15H2,1-4H3,(H,22,24). The van der Waals surface area contributed by atoms with E-state index in [9.17, 15) is 13.2 Å². The molecule has 0 bridgehead atoms. The van der Waals surface area contributed by atoms with Crippen LogP contribution in [-0.2, 0) is 21.4 Å². The Labute approximate surface area is 167 Å². The second-order valence-electron chi connectivity index (χ2n) is 6.62. The van der Waals surface area contributed by atoms with Crippen LogP contribution in [0.1, 0.15) is 43.6 Å². The number of hydrogen-bond acceptors (Lipinski definition) is 4. The SMILES string of the molecule is CCN(CC)S(=O)(=O)c1ccc(NC(=O)c2ccc(COC(C)C)cc2)cc1. The highest BCUT2D eigenvalue weighted by molar-refractivity contribution is 7.89. The summed E-state index contributed by atoms with van der Waals surface area (Å²) in [5, 5.41) is 2.79. The van der Waals surface area contributed by atoms with Gasteiger partial charge in [0, 0.05) is 24.3 Å². The second-order valence-corrected chi connectivity index (χ2v) is 8.56. The lowest BCUT2D eigenvalue weighted by atomic mass is 10.1. The average molecular weight is 405 g/mol. The van der Waals surface area contributed by atoms with Crippen molar-refractivity contribution in [3.05, 3.63) is 59.7 Å². The van der Waals surface area contributed by atoms with E-state index in [1.165, 1.54) is 16.4 Å². The van der Waals surface area contributed by atoms with E-state index in [4.69, 9.17) is 4.74 Å². The number of rotatable bonds is 9. The fourth-order valence-corrected chi connectivity index (χ4v) is 4.10. The molecule has 0 aliphatic rings. The van der Waals surface area contributed by atoms with Crippen LogP contribution in [0.4, 0.5) is 5.69 Å². The van der Waals surface area contributed by atoms with Gasteiger partial charge in [-0.2, -0.15) is 4.31 Å². The van der Waals surface area contributed by atoms with Gasteiger partial charge in [0.1, 0.15) is 0 Å². The van der Waals surface area contributed by atoms with Crippen molar-refractivity contribution >= 4 is 21.6 Å². The maximum atomic E-state index is 12.5. The molecule has 0 spiro atoms. The molecular formula is C21H28N2O4S. The van der Waals surface area contributed by atoms with E-state index in [-0.39, 0.29) is 16.9 Å². The zero-order valence-electron chi connectivity index (χ0n) is 16.8. The maximum absolute atomic E-state index is 12.5. The molecule has 2 aromatic rings. The summed E-state index contributed by atoms with van der Waals surface area (Å²) in [6, 6.07) is 13.4. The van der Waals surface area contributed by atoms with Crippen molar-refractivity contribution in [2.75, 3.05) is 18.4 Å². The van der Waals surface area contributed by atoms with Crippen molar-refractivity contribution in [1.29, 1.82) is 0 Å². The predicted molar refractivity (Wildman–Crippen MR) is 111 cm³/mol. The van der Waals surface area contributed by atoms with Crippen LogP contribution < -0.4 is 5.32 Å². The van der Waals surface area contributed by atoms with E-state index in [0.29, 0.717) is 30.9 Å². The summed E-state index contributed by atoms with van der Waals surface area (Å²) in [6.07, 6.45) is 0.150. The van der Waals surface area contributed by atoms with E-state index >= 15 is 0 Å². The predicted octanol–water partition coefficient (Wildman–Crippen LogP) is 3.89. The highest BCUT2D eigenvalue weighted by atomic mass is 32.2. The van der Waals surface area contributed by atoms with Crippen LogP contribution in [0.15, 0.2) is 53.4 Å². The van der Waals surface area contributed by atoms with Gasteiger partial charge in [-0.15, -0.1) is 0 Å². The monoisotopic (exact) mass is 404 g/mol. The normalized spacial score (nSPS) is 11.8. The minimum absolute atomic E-state index is 0.150. The summed E-state index contributed by atoms with van der Waals surface area (Å²) in [7, 11) is -3.51. The van der Waals surface area contributed by atoms with Crippen LogP contribution in [0.2, 0.25) is 0 Å². The van der Waals surface area contributed by atoms with Gasteiger partial charge in [-0.3, -0.25) is 4.79 Å². The number of amides is 1. The van der Waals surface area contributed by atoms with Crippen LogP contribution in [0.25, 0.3) is 0 Å². The second kappa shape index (κ2) is 9.82. The molecule has 1 N–H and O–H groups in total. The Morgan fingerprint density at radius 1 is 1.00 bits per heavy atom. The molecule has 1 amide bonds. The Hall–Kier alpha value is -2.22. The summed E-state index contributed by atoms with van der Waals surface area (Å²) < 4.78 is 31.9. The first-order chi connectivity index (χ1) is 13.3. The molecule has 0 fully saturated rings. The smallest absolute Gasteiger partial charge is 0.255 e. The number of ether oxygens (including phenoxy) is 1. The summed E-state index contributed by atoms with van der Waals surface area (Å²) in [6.45, 7) is 8.87. The first-order valence-electron chi connectivity index (χ1n) is 9.40. The van der Waals surface area contributed by atoms with Gasteiger partial charge in [0.05, 0.1) is 17.6 Å². The molecule has 6 nitrogen and oxygen atoms in total. The zero-order valence-corrected chi connectivity index (χ0v) is 17.6. The van der Waals surface area contributed by atoms with Crippen molar-refractivity contribution < 1.29 is 17.9 Å². The highest BCUT2D eigenvalue weighted by Gasteiger charge is 2.21. The Kier molecular flexibility index (Phi) is 7.74. The van der Waals surface area contributed by atoms with Gasteiger partial charge in [-0.25, -0.2) is 8.42 Å². The number of hydrogen-bond donors (Lipinski definition) is 1. The van der Waals surface area contributed by atoms with Gasteiger partial charge in [0.15, 0.2) is 0 Å². The number of nitrogens with one attached hydrogen (secondary N) is 1. The lowest BCUT2D eigenvalue weighted by Gasteiger charge is -2.18. The fourth-order valence-electron chi connectivity index (χ4n) is 2.64. The third-order valence-electron chi connectivity index (χ3n) is 4.25. The number of carbonyl (C=O) groups excluding carboxylic acids is 1. The first kappa shape index (κ1) is 22.1. The van der Waals surface area contributed by atoms with Gasteiger partial charge in [-0.1, -0.05) is 26.0 Å². The minimum Gasteiger partial charge on any atom is -0.374 e. The topological polar surface area (TPSA) is 75.7 Å². The Bertz CT molecular complexity index is 872. The van der Waals surface area contributed by atoms with Crippen molar-refractivity contribution in [3.63, 3.8) is 0 Å². The highest BCUT2D eigenvalue weighted by Crippen LogP contribution is 2.19. The summed E-state index contributed by atoms with van der Waals surface area (Å²) >= 11 is 0. The van der Waals surface area contributed by atoms with E-state index in [1.807, 2.05) is 26.0 Å². The third kappa shape index (κ3) is 5.64. The van der Waals surface area contributed by atoms with Crippen molar-refractivity contribution in [2.24, 2.45) is 0 Å². The van der Waals surface area contributed by atoms with Crippen LogP contribution in [0, 0.1) is 0 Å². The fraction of sp³-hybridized carbons (Fsp3) is 0.381. The quantitative estimate of drug-likeness (QED) is 0.688. The van der Waals surface area contributed by atoms with E-state index in [0.717, 1.165) is 5.56 Å². The maximum Gasteiger partial charge on any atom is 0.255 e. The summed E-state index contributed by atoms with van der Waals surface area (Å²) in [4.78, 5) is 12.6. The number of benzene rings is 2. The molecule has 0 aliphatic heterocycles. The van der Waals surface area contributed by atoms with Gasteiger partial charge in [0.25, 0.3) is 5.91 Å². The Morgan fingerprint density at radius 3 is 2.07 bits per heavy atom. The third-order valence-corrected chi connectivity index (χ3v) is 6.32. The molecular weight excluding hydrogens is 376 g/mol. The molecule has 28 heavy (non-hydrogen) atoms. The van der Waals surface area contributed by atoms with Crippen molar-refractivity contribution in [1.82, 2.24) is 4.31 Å². The number of nitrogens with zero attached hydrogens (tertiary/aromatic N) is 1. The Morgan fingerprint density at radius 2 is 1.57 bits per heavy atom. The summed E-state index contributed by atoms with van der Waals surface area (Å²) in [5.41, 5.74) is 2.06. The first-order valence-corrected chi connectivity index (χ1v) is 10.8. The lowest BCUT2D eigenvalue weighted by Crippen LogP contribution is -2.30. The molecule has 0 saturated carbocycles. The molecule has 0 aliphatic carbocycles. The van der Waals surface area contributed by atoms with Gasteiger partial charge < -0.3 is 10.1 Å². The van der Waals surface area contributed by atoms with Crippen molar-refractivity contribution in [2.45, 2.75) is 45.3 Å². The number of anilines is 1. The van der Waals surface area contributed by atoms with Crippen molar-refractivity contribution in [3.8, 4) is 0 Å². The van der Waals surface area contributed by atoms with Crippen LogP contribution in [-0.4, -0.2) is 37.8 Å². The molecule has 0 heterocycles. The molecule has 152 valence electrons. The summed E-state index contributed by atoms with van der Waals surface area (Å²) in [5.74, 6) is -0.254. The van der Waals surface area contributed by atoms with E-state index in [2.05, 4.69) is 5.32 Å². The zero-order chi connectivity index (χ0) is 20.7. The van der Waals surface area contributed by atoms with Gasteiger partial charge in [-0.05, 0) is 55.8 Å². The molecule has 7 heteroatoms. The minimum atomic E-state index is -3.51. The lowest BCUT2D eigenvalue weighted by molar-refractivity contribution is 0.0657. The molecule has 0 radical (unpaired) electrons. The van der Waals surface area contributed by atoms with Crippen LogP contribution in [0.5, 0.6) is 0 Å². The van der Waals surface area contributed by atoms with E-state index < -0.39 is 10.0 Å². The Balaban J connectivity index is 2.04. The van der Waals surface area contributed by atoms with Gasteiger partial charge >= 0.3 is 0 Å². The van der Waals surface area contributed by atoms with Crippen LogP contribution in [0.3, 0.4) is 0 Å². The number of sulfonamides is 1. The van der Waals surface area contributed by atoms with Gasteiger partial charge in [0.2, 0.25) is 10.0 Å². The number of carbonyl (C=O) groups is 1. The molecule has 2 aromatic carbocycles. The van der Waals surface area contributed by atoms with Crippen LogP contribution >= 0.6 is 0 Å². The molecule has 0 unspecified atom stereocenters. The van der Waals surface area contributed by atoms with E-state index in [1.54, 1.807) is 38.1 Å².